The summed E-state index contributed by atoms with van der Waals surface area (Å²) in [4.78, 5) is 5.88. The molecule has 4 aromatic rings. The molecule has 0 N–H and O–H groups in total. The normalized spacial score (nSPS) is 11.5. The summed E-state index contributed by atoms with van der Waals surface area (Å²) in [5.41, 5.74) is 3.43. The first-order valence-corrected chi connectivity index (χ1v) is 12.3. The third-order valence-corrected chi connectivity index (χ3v) is 6.88. The molecule has 0 radical (unpaired) electrons. The molecule has 0 fully saturated rings. The van der Waals surface area contributed by atoms with Gasteiger partial charge in [0.2, 0.25) is 0 Å². The molecule has 4 rings (SSSR count). The average Bonchev–Trinajstić information content (AvgIpc) is 3.19. The lowest BCUT2D eigenvalue weighted by Crippen LogP contribution is -1.96. The fourth-order valence-electron chi connectivity index (χ4n) is 3.11. The highest BCUT2D eigenvalue weighted by Gasteiger charge is 2.16. The Bertz CT molecular complexity index is 1270. The second-order valence-corrected chi connectivity index (χ2v) is 10.2. The number of hydrogen-bond donors (Lipinski definition) is 0. The number of hydrogen-bond acceptors (Lipinski definition) is 5. The summed E-state index contributed by atoms with van der Waals surface area (Å²) < 4.78 is 42.8. The zero-order chi connectivity index (χ0) is 21.8. The summed E-state index contributed by atoms with van der Waals surface area (Å²) in [6, 6.07) is 22.8. The Morgan fingerprint density at radius 2 is 1.52 bits per heavy atom. The number of rotatable bonds is 7. The molecular weight excluding hydrogens is 433 g/mol. The molecule has 0 saturated heterocycles. The molecule has 1 aromatic heterocycles. The molecule has 0 amide bonds. The summed E-state index contributed by atoms with van der Waals surface area (Å²) in [7, 11) is -3.28. The van der Waals surface area contributed by atoms with Crippen molar-refractivity contribution >= 4 is 21.2 Å². The lowest BCUT2D eigenvalue weighted by molar-refractivity contribution is 0.107. The highest BCUT2D eigenvalue weighted by Crippen LogP contribution is 2.37. The van der Waals surface area contributed by atoms with Crippen LogP contribution in [0.1, 0.15) is 10.6 Å². The van der Waals surface area contributed by atoms with E-state index in [2.05, 4.69) is 0 Å². The first-order chi connectivity index (χ1) is 14.9. The maximum atomic E-state index is 13.4. The van der Waals surface area contributed by atoms with E-state index in [0.717, 1.165) is 32.3 Å². The van der Waals surface area contributed by atoms with E-state index in [1.807, 2.05) is 30.3 Å². The van der Waals surface area contributed by atoms with E-state index in [1.54, 1.807) is 36.4 Å². The molecule has 0 aliphatic carbocycles. The van der Waals surface area contributed by atoms with Gasteiger partial charge in [-0.2, -0.15) is 0 Å². The third-order valence-electron chi connectivity index (χ3n) is 4.67. The van der Waals surface area contributed by atoms with Gasteiger partial charge in [0.05, 0.1) is 28.7 Å². The number of nitrogens with zero attached hydrogens (tertiary/aromatic N) is 1. The van der Waals surface area contributed by atoms with Crippen molar-refractivity contribution in [3.05, 3.63) is 95.3 Å². The summed E-state index contributed by atoms with van der Waals surface area (Å²) in [6.45, 7) is 0.819. The minimum atomic E-state index is -3.28. The number of aromatic nitrogens is 1. The van der Waals surface area contributed by atoms with Crippen molar-refractivity contribution in [2.45, 2.75) is 18.1 Å². The second-order valence-electron chi connectivity index (χ2n) is 7.07. The largest absolute Gasteiger partial charge is 0.370 e. The zero-order valence-corrected chi connectivity index (χ0v) is 18.4. The van der Waals surface area contributed by atoms with Crippen molar-refractivity contribution in [1.29, 1.82) is 0 Å². The lowest BCUT2D eigenvalue weighted by Gasteiger charge is -2.04. The maximum Gasteiger partial charge on any atom is 0.175 e. The Labute approximate surface area is 184 Å². The minimum absolute atomic E-state index is 0.260. The minimum Gasteiger partial charge on any atom is -0.370 e. The standard InChI is InChI=1S/C24H20FNO3S2/c1-31(27,28)21-13-9-19(10-14-21)24-23(18-7-11-20(25)12-8-18)26-22(30-24)16-29-15-17-5-3-2-4-6-17/h2-14H,15-16H2,1H3. The van der Waals surface area contributed by atoms with Crippen molar-refractivity contribution in [1.82, 2.24) is 4.98 Å². The monoisotopic (exact) mass is 453 g/mol. The van der Waals surface area contributed by atoms with E-state index in [4.69, 9.17) is 9.72 Å². The van der Waals surface area contributed by atoms with Gasteiger partial charge in [0.1, 0.15) is 10.8 Å². The summed E-state index contributed by atoms with van der Waals surface area (Å²) >= 11 is 1.48. The average molecular weight is 454 g/mol. The third kappa shape index (κ3) is 5.25. The van der Waals surface area contributed by atoms with Gasteiger partial charge in [-0.1, -0.05) is 42.5 Å². The molecule has 7 heteroatoms. The SMILES string of the molecule is CS(=O)(=O)c1ccc(-c2sc(COCc3ccccc3)nc2-c2ccc(F)cc2)cc1. The summed E-state index contributed by atoms with van der Waals surface area (Å²) in [5, 5.41) is 0.789. The van der Waals surface area contributed by atoms with Crippen LogP contribution in [0.2, 0.25) is 0 Å². The van der Waals surface area contributed by atoms with Gasteiger partial charge in [0.15, 0.2) is 9.84 Å². The van der Waals surface area contributed by atoms with Crippen LogP contribution >= 0.6 is 11.3 Å². The number of benzene rings is 3. The van der Waals surface area contributed by atoms with Crippen LogP contribution in [0.15, 0.2) is 83.8 Å². The van der Waals surface area contributed by atoms with E-state index in [0.29, 0.717) is 13.2 Å². The number of sulfone groups is 1. The predicted molar refractivity (Wildman–Crippen MR) is 121 cm³/mol. The van der Waals surface area contributed by atoms with Gasteiger partial charge < -0.3 is 4.74 Å². The molecular formula is C24H20FNO3S2. The van der Waals surface area contributed by atoms with E-state index in [-0.39, 0.29) is 10.7 Å². The molecule has 0 spiro atoms. The van der Waals surface area contributed by atoms with E-state index >= 15 is 0 Å². The molecule has 0 saturated carbocycles. The summed E-state index contributed by atoms with van der Waals surface area (Å²) in [5.74, 6) is -0.315. The molecule has 31 heavy (non-hydrogen) atoms. The Morgan fingerprint density at radius 1 is 0.871 bits per heavy atom. The second kappa shape index (κ2) is 9.09. The summed E-state index contributed by atoms with van der Waals surface area (Å²) in [6.07, 6.45) is 1.18. The Kier molecular flexibility index (Phi) is 6.27. The first-order valence-electron chi connectivity index (χ1n) is 9.58. The zero-order valence-electron chi connectivity index (χ0n) is 16.8. The van der Waals surface area contributed by atoms with Crippen molar-refractivity contribution in [3.8, 4) is 21.7 Å². The van der Waals surface area contributed by atoms with Gasteiger partial charge in [0, 0.05) is 11.8 Å². The Hall–Kier alpha value is -2.87. The Balaban J connectivity index is 1.64. The van der Waals surface area contributed by atoms with Crippen LogP contribution in [0.5, 0.6) is 0 Å². The van der Waals surface area contributed by atoms with Crippen LogP contribution < -0.4 is 0 Å². The van der Waals surface area contributed by atoms with Crippen LogP contribution in [0.3, 0.4) is 0 Å². The topological polar surface area (TPSA) is 56.3 Å². The van der Waals surface area contributed by atoms with Gasteiger partial charge in [-0.25, -0.2) is 17.8 Å². The number of ether oxygens (including phenoxy) is 1. The maximum absolute atomic E-state index is 13.4. The molecule has 3 aromatic carbocycles. The smallest absolute Gasteiger partial charge is 0.175 e. The van der Waals surface area contributed by atoms with Crippen molar-refractivity contribution in [2.24, 2.45) is 0 Å². The molecule has 0 atom stereocenters. The van der Waals surface area contributed by atoms with Crippen LogP contribution in [-0.4, -0.2) is 19.7 Å². The highest BCUT2D eigenvalue weighted by atomic mass is 32.2. The van der Waals surface area contributed by atoms with Crippen LogP contribution in [-0.2, 0) is 27.8 Å². The number of thiazole rings is 1. The van der Waals surface area contributed by atoms with Crippen LogP contribution in [0.25, 0.3) is 21.7 Å². The first kappa shape index (κ1) is 21.4. The van der Waals surface area contributed by atoms with Gasteiger partial charge in [-0.15, -0.1) is 11.3 Å². The molecule has 1 heterocycles. The molecule has 4 nitrogen and oxygen atoms in total. The predicted octanol–water partition coefficient (Wildman–Crippen LogP) is 5.74. The molecule has 158 valence electrons. The van der Waals surface area contributed by atoms with Gasteiger partial charge in [-0.3, -0.25) is 0 Å². The molecule has 0 aliphatic heterocycles. The Morgan fingerprint density at radius 3 is 2.16 bits per heavy atom. The number of halogens is 1. The lowest BCUT2D eigenvalue weighted by atomic mass is 10.1. The fraction of sp³-hybridized carbons (Fsp3) is 0.125. The van der Waals surface area contributed by atoms with Crippen molar-refractivity contribution in [3.63, 3.8) is 0 Å². The van der Waals surface area contributed by atoms with E-state index in [9.17, 15) is 12.8 Å². The highest BCUT2D eigenvalue weighted by molar-refractivity contribution is 7.90. The van der Waals surface area contributed by atoms with Gasteiger partial charge >= 0.3 is 0 Å². The molecule has 0 unspecified atom stereocenters. The van der Waals surface area contributed by atoms with Crippen molar-refractivity contribution in [2.75, 3.05) is 6.26 Å². The molecule has 0 bridgehead atoms. The van der Waals surface area contributed by atoms with Crippen molar-refractivity contribution < 1.29 is 17.5 Å². The van der Waals surface area contributed by atoms with E-state index in [1.165, 1.54) is 29.7 Å². The van der Waals surface area contributed by atoms with Crippen LogP contribution in [0.4, 0.5) is 4.39 Å². The van der Waals surface area contributed by atoms with Crippen LogP contribution in [0, 0.1) is 5.82 Å². The van der Waals surface area contributed by atoms with E-state index < -0.39 is 9.84 Å². The fourth-order valence-corrected chi connectivity index (χ4v) is 4.77. The van der Waals surface area contributed by atoms with Gasteiger partial charge in [0.25, 0.3) is 0 Å². The van der Waals surface area contributed by atoms with Gasteiger partial charge in [-0.05, 0) is 47.5 Å². The quantitative estimate of drug-likeness (QED) is 0.358. The molecule has 0 aliphatic rings.